The number of aliphatic hydroxyl groups excluding tert-OH is 1. The Morgan fingerprint density at radius 1 is 0.667 bits per heavy atom. The lowest BCUT2D eigenvalue weighted by molar-refractivity contribution is -0.0261. The lowest BCUT2D eigenvalue weighted by atomic mass is 10.0. The first-order valence-corrected chi connectivity index (χ1v) is 14.6. The van der Waals surface area contributed by atoms with Crippen LogP contribution in [0.25, 0.3) is 0 Å². The summed E-state index contributed by atoms with van der Waals surface area (Å²) in [4.78, 5) is 8.04. The maximum atomic E-state index is 8.74. The molecule has 1 aromatic heterocycles. The molecule has 7 heteroatoms. The smallest absolute Gasteiger partial charge is 0.216 e. The Balaban J connectivity index is 1.95. The molecule has 1 heterocycles. The summed E-state index contributed by atoms with van der Waals surface area (Å²) < 4.78 is 22.6. The number of hydrogen-bond donors (Lipinski definition) is 1. The first kappa shape index (κ1) is 32.7. The lowest BCUT2D eigenvalue weighted by Crippen LogP contribution is -2.30. The fourth-order valence-corrected chi connectivity index (χ4v) is 4.10. The van der Waals surface area contributed by atoms with Crippen molar-refractivity contribution in [3.63, 3.8) is 0 Å². The van der Waals surface area contributed by atoms with Crippen LogP contribution in [0.5, 0.6) is 5.88 Å². The van der Waals surface area contributed by atoms with Gasteiger partial charge >= 0.3 is 0 Å². The van der Waals surface area contributed by atoms with Gasteiger partial charge < -0.3 is 24.1 Å². The molecule has 0 aliphatic heterocycles. The molecule has 0 fully saturated rings. The van der Waals surface area contributed by atoms with Gasteiger partial charge in [-0.05, 0) is 6.42 Å². The Morgan fingerprint density at radius 3 is 1.72 bits per heavy atom. The molecule has 1 unspecified atom stereocenters. The van der Waals surface area contributed by atoms with E-state index >= 15 is 0 Å². The minimum Gasteiger partial charge on any atom is -0.469 e. The van der Waals surface area contributed by atoms with Crippen molar-refractivity contribution in [3.05, 3.63) is 18.6 Å². The minimum absolute atomic E-state index is 0.0205. The van der Waals surface area contributed by atoms with Gasteiger partial charge in [0.05, 0.1) is 39.6 Å². The van der Waals surface area contributed by atoms with E-state index in [2.05, 4.69) is 16.9 Å². The number of hydrogen-bond acceptors (Lipinski definition) is 7. The van der Waals surface area contributed by atoms with Crippen molar-refractivity contribution >= 4 is 0 Å². The minimum atomic E-state index is -0.237. The van der Waals surface area contributed by atoms with Crippen LogP contribution in [0.4, 0.5) is 0 Å². The standard InChI is InChI=1S/C29H54N2O5/c1-2-3-4-5-6-7-8-9-10-11-12-13-14-15-16-17-21-34-25-28(26-35-24-23-33-22-20-32)36-29-18-19-30-27-31-29/h18-19,27-28,32H,2-17,20-26H2,1H3. The summed E-state index contributed by atoms with van der Waals surface area (Å²) in [5.74, 6) is 0.515. The SMILES string of the molecule is CCCCCCCCCCCCCCCCCCOCC(COCCOCCO)Oc1ccncn1. The third kappa shape index (κ3) is 22.0. The third-order valence-electron chi connectivity index (χ3n) is 6.20. The molecule has 0 radical (unpaired) electrons. The zero-order chi connectivity index (χ0) is 25.8. The highest BCUT2D eigenvalue weighted by molar-refractivity contribution is 5.05. The molecule has 0 aromatic carbocycles. The molecule has 0 spiro atoms. The summed E-state index contributed by atoms with van der Waals surface area (Å²) in [6.07, 6.45) is 24.7. The lowest BCUT2D eigenvalue weighted by Gasteiger charge is -2.18. The van der Waals surface area contributed by atoms with E-state index in [1.165, 1.54) is 103 Å². The Labute approximate surface area is 220 Å². The van der Waals surface area contributed by atoms with Crippen LogP contribution in [0.3, 0.4) is 0 Å². The van der Waals surface area contributed by atoms with E-state index in [0.29, 0.717) is 38.9 Å². The Morgan fingerprint density at radius 2 is 1.19 bits per heavy atom. The van der Waals surface area contributed by atoms with Gasteiger partial charge in [-0.25, -0.2) is 9.97 Å². The summed E-state index contributed by atoms with van der Waals surface area (Å²) in [6.45, 7) is 5.11. The Hall–Kier alpha value is -1.28. The first-order chi connectivity index (χ1) is 17.9. The van der Waals surface area contributed by atoms with Crippen molar-refractivity contribution in [1.82, 2.24) is 9.97 Å². The van der Waals surface area contributed by atoms with E-state index in [1.807, 2.05) is 0 Å². The van der Waals surface area contributed by atoms with Gasteiger partial charge in [0.1, 0.15) is 12.4 Å². The highest BCUT2D eigenvalue weighted by Gasteiger charge is 2.12. The van der Waals surface area contributed by atoms with Crippen molar-refractivity contribution in [3.8, 4) is 5.88 Å². The van der Waals surface area contributed by atoms with Gasteiger partial charge in [-0.3, -0.25) is 0 Å². The number of aromatic nitrogens is 2. The van der Waals surface area contributed by atoms with Crippen molar-refractivity contribution in [2.24, 2.45) is 0 Å². The molecule has 0 saturated carbocycles. The maximum absolute atomic E-state index is 8.74. The zero-order valence-electron chi connectivity index (χ0n) is 23.0. The topological polar surface area (TPSA) is 82.9 Å². The molecule has 1 N–H and O–H groups in total. The van der Waals surface area contributed by atoms with Gasteiger partial charge in [0.2, 0.25) is 5.88 Å². The van der Waals surface area contributed by atoms with Gasteiger partial charge in [0.15, 0.2) is 0 Å². The molecule has 1 aromatic rings. The van der Waals surface area contributed by atoms with Crippen molar-refractivity contribution in [1.29, 1.82) is 0 Å². The summed E-state index contributed by atoms with van der Waals surface area (Å²) in [5, 5.41) is 8.74. The molecule has 0 bridgehead atoms. The Bertz CT molecular complexity index is 550. The van der Waals surface area contributed by atoms with Crippen molar-refractivity contribution in [2.45, 2.75) is 116 Å². The summed E-state index contributed by atoms with van der Waals surface area (Å²) in [5.41, 5.74) is 0. The largest absolute Gasteiger partial charge is 0.469 e. The van der Waals surface area contributed by atoms with Crippen LogP contribution < -0.4 is 4.74 Å². The Kier molecular flexibility index (Phi) is 24.4. The molecular formula is C29H54N2O5. The van der Waals surface area contributed by atoms with E-state index in [4.69, 9.17) is 24.1 Å². The highest BCUT2D eigenvalue weighted by atomic mass is 16.6. The van der Waals surface area contributed by atoms with Crippen LogP contribution in [-0.4, -0.2) is 67.4 Å². The molecule has 1 atom stereocenters. The predicted molar refractivity (Wildman–Crippen MR) is 146 cm³/mol. The van der Waals surface area contributed by atoms with Gasteiger partial charge in [0.25, 0.3) is 0 Å². The maximum Gasteiger partial charge on any atom is 0.216 e. The second-order valence-electron chi connectivity index (χ2n) is 9.58. The van der Waals surface area contributed by atoms with E-state index in [-0.39, 0.29) is 12.7 Å². The van der Waals surface area contributed by atoms with Crippen LogP contribution in [0.1, 0.15) is 110 Å². The normalized spacial score (nSPS) is 12.2. The fourth-order valence-electron chi connectivity index (χ4n) is 4.10. The van der Waals surface area contributed by atoms with Crippen LogP contribution in [-0.2, 0) is 14.2 Å². The summed E-state index contributed by atoms with van der Waals surface area (Å²) >= 11 is 0. The number of nitrogens with zero attached hydrogens (tertiary/aromatic N) is 2. The first-order valence-electron chi connectivity index (χ1n) is 14.6. The van der Waals surface area contributed by atoms with Gasteiger partial charge in [-0.1, -0.05) is 103 Å². The monoisotopic (exact) mass is 510 g/mol. The summed E-state index contributed by atoms with van der Waals surface area (Å²) in [6, 6.07) is 1.73. The van der Waals surface area contributed by atoms with Gasteiger partial charge in [0, 0.05) is 18.9 Å². The number of ether oxygens (including phenoxy) is 4. The van der Waals surface area contributed by atoms with Gasteiger partial charge in [-0.2, -0.15) is 0 Å². The number of rotatable bonds is 28. The van der Waals surface area contributed by atoms with Crippen LogP contribution in [0, 0.1) is 0 Å². The fraction of sp³-hybridized carbons (Fsp3) is 0.862. The third-order valence-corrected chi connectivity index (χ3v) is 6.20. The number of unbranched alkanes of at least 4 members (excludes halogenated alkanes) is 15. The van der Waals surface area contributed by atoms with E-state index in [0.717, 1.165) is 13.0 Å². The van der Waals surface area contributed by atoms with Crippen LogP contribution in [0.2, 0.25) is 0 Å². The molecule has 0 saturated heterocycles. The van der Waals surface area contributed by atoms with E-state index < -0.39 is 0 Å². The summed E-state index contributed by atoms with van der Waals surface area (Å²) in [7, 11) is 0. The van der Waals surface area contributed by atoms with Crippen molar-refractivity contribution < 1.29 is 24.1 Å². The van der Waals surface area contributed by atoms with Gasteiger partial charge in [-0.15, -0.1) is 0 Å². The highest BCUT2D eigenvalue weighted by Crippen LogP contribution is 2.14. The van der Waals surface area contributed by atoms with Crippen molar-refractivity contribution in [2.75, 3.05) is 46.2 Å². The van der Waals surface area contributed by atoms with E-state index in [9.17, 15) is 0 Å². The molecule has 210 valence electrons. The number of aliphatic hydroxyl groups is 1. The predicted octanol–water partition coefficient (Wildman–Crippen LogP) is 6.53. The molecule has 0 amide bonds. The van der Waals surface area contributed by atoms with Crippen LogP contribution >= 0.6 is 0 Å². The zero-order valence-corrected chi connectivity index (χ0v) is 23.0. The molecule has 0 aliphatic carbocycles. The molecule has 36 heavy (non-hydrogen) atoms. The second kappa shape index (κ2) is 26.8. The molecule has 0 aliphatic rings. The van der Waals surface area contributed by atoms with Crippen LogP contribution in [0.15, 0.2) is 18.6 Å². The quantitative estimate of drug-likeness (QED) is 0.128. The van der Waals surface area contributed by atoms with E-state index in [1.54, 1.807) is 12.3 Å². The molecule has 1 rings (SSSR count). The average molecular weight is 511 g/mol. The molecule has 7 nitrogen and oxygen atoms in total. The average Bonchev–Trinajstić information content (AvgIpc) is 2.90. The second-order valence-corrected chi connectivity index (χ2v) is 9.58. The molecular weight excluding hydrogens is 456 g/mol.